The molecule has 4 aromatic rings. The highest BCUT2D eigenvalue weighted by Crippen LogP contribution is 2.20. The number of hydrogen-bond donors (Lipinski definition) is 1. The molecule has 0 bridgehead atoms. The average molecular weight is 401 g/mol. The molecule has 1 N–H and O–H groups in total. The zero-order valence-electron chi connectivity index (χ0n) is 16.0. The number of ether oxygens (including phenoxy) is 2. The summed E-state index contributed by atoms with van der Waals surface area (Å²) in [5.41, 5.74) is 1.69. The largest absolute Gasteiger partial charge is 0.489 e. The van der Waals surface area contributed by atoms with Gasteiger partial charge in [-0.3, -0.25) is 4.79 Å². The predicted octanol–water partition coefficient (Wildman–Crippen LogP) is 4.39. The second-order valence-electron chi connectivity index (χ2n) is 6.59. The molecule has 0 radical (unpaired) electrons. The van der Waals surface area contributed by atoms with Gasteiger partial charge in [0, 0.05) is 23.2 Å². The van der Waals surface area contributed by atoms with E-state index < -0.39 is 5.63 Å². The van der Waals surface area contributed by atoms with Gasteiger partial charge >= 0.3 is 5.63 Å². The van der Waals surface area contributed by atoms with E-state index in [1.165, 1.54) is 6.07 Å². The van der Waals surface area contributed by atoms with Gasteiger partial charge in [0.15, 0.2) is 6.61 Å². The Morgan fingerprint density at radius 3 is 2.37 bits per heavy atom. The fourth-order valence-corrected chi connectivity index (χ4v) is 2.85. The van der Waals surface area contributed by atoms with E-state index in [1.807, 2.05) is 30.3 Å². The van der Waals surface area contributed by atoms with E-state index in [1.54, 1.807) is 48.5 Å². The Morgan fingerprint density at radius 2 is 1.57 bits per heavy atom. The van der Waals surface area contributed by atoms with Crippen molar-refractivity contribution in [3.05, 3.63) is 101 Å². The smallest absolute Gasteiger partial charge is 0.336 e. The Hall–Kier alpha value is -4.06. The first kappa shape index (κ1) is 19.3. The van der Waals surface area contributed by atoms with Crippen LogP contribution in [0.1, 0.15) is 5.56 Å². The third kappa shape index (κ3) is 5.05. The highest BCUT2D eigenvalue weighted by molar-refractivity contribution is 5.92. The van der Waals surface area contributed by atoms with Crippen molar-refractivity contribution < 1.29 is 18.7 Å². The summed E-state index contributed by atoms with van der Waals surface area (Å²) in [6.45, 7) is 0.307. The molecule has 4 rings (SSSR count). The third-order valence-corrected chi connectivity index (χ3v) is 4.35. The molecule has 0 atom stereocenters. The highest BCUT2D eigenvalue weighted by atomic mass is 16.5. The van der Waals surface area contributed by atoms with Crippen LogP contribution in [0.4, 0.5) is 5.69 Å². The lowest BCUT2D eigenvalue weighted by atomic mass is 10.2. The Labute approximate surface area is 172 Å². The van der Waals surface area contributed by atoms with Crippen molar-refractivity contribution in [3.63, 3.8) is 0 Å². The molecule has 0 saturated carbocycles. The first-order valence-corrected chi connectivity index (χ1v) is 9.39. The minimum Gasteiger partial charge on any atom is -0.489 e. The summed E-state index contributed by atoms with van der Waals surface area (Å²) in [5.74, 6) is 0.852. The molecule has 0 fully saturated rings. The van der Waals surface area contributed by atoms with Gasteiger partial charge in [-0.2, -0.15) is 0 Å². The summed E-state index contributed by atoms with van der Waals surface area (Å²) < 4.78 is 16.3. The number of carbonyl (C=O) groups excluding carboxylic acids is 1. The van der Waals surface area contributed by atoms with Gasteiger partial charge in [-0.05, 0) is 48.0 Å². The fraction of sp³-hybridized carbons (Fsp3) is 0.0833. The summed E-state index contributed by atoms with van der Waals surface area (Å²) in [7, 11) is 0. The first-order chi connectivity index (χ1) is 14.7. The van der Waals surface area contributed by atoms with Crippen LogP contribution in [0.15, 0.2) is 94.1 Å². The molecular formula is C24H19NO5. The number of carbonyl (C=O) groups is 1. The van der Waals surface area contributed by atoms with Crippen molar-refractivity contribution in [2.45, 2.75) is 6.61 Å². The van der Waals surface area contributed by atoms with Gasteiger partial charge in [0.25, 0.3) is 5.91 Å². The molecule has 0 saturated heterocycles. The van der Waals surface area contributed by atoms with Crippen molar-refractivity contribution in [2.24, 2.45) is 0 Å². The maximum absolute atomic E-state index is 12.2. The van der Waals surface area contributed by atoms with Gasteiger partial charge < -0.3 is 19.2 Å². The average Bonchev–Trinajstić information content (AvgIpc) is 2.77. The van der Waals surface area contributed by atoms with Crippen LogP contribution in [0.2, 0.25) is 0 Å². The molecule has 150 valence electrons. The number of anilines is 1. The molecule has 0 spiro atoms. The second-order valence-corrected chi connectivity index (χ2v) is 6.59. The molecule has 0 aliphatic carbocycles. The first-order valence-electron chi connectivity index (χ1n) is 9.39. The van der Waals surface area contributed by atoms with Gasteiger partial charge in [-0.25, -0.2) is 4.79 Å². The Balaban J connectivity index is 1.29. The Kier molecular flexibility index (Phi) is 5.75. The molecule has 1 heterocycles. The lowest BCUT2D eigenvalue weighted by Crippen LogP contribution is -2.20. The number of nitrogens with one attached hydrogen (secondary N) is 1. The van der Waals surface area contributed by atoms with E-state index in [4.69, 9.17) is 13.9 Å². The van der Waals surface area contributed by atoms with Crippen molar-refractivity contribution in [1.29, 1.82) is 0 Å². The van der Waals surface area contributed by atoms with E-state index in [0.29, 0.717) is 29.4 Å². The number of amides is 1. The van der Waals surface area contributed by atoms with Crippen LogP contribution in [0, 0.1) is 0 Å². The van der Waals surface area contributed by atoms with E-state index in [2.05, 4.69) is 5.32 Å². The fourth-order valence-electron chi connectivity index (χ4n) is 2.85. The van der Waals surface area contributed by atoms with E-state index in [9.17, 15) is 9.59 Å². The minimum absolute atomic E-state index is 0.172. The molecule has 6 nitrogen and oxygen atoms in total. The lowest BCUT2D eigenvalue weighted by Gasteiger charge is -2.09. The number of rotatable bonds is 7. The molecule has 0 unspecified atom stereocenters. The summed E-state index contributed by atoms with van der Waals surface area (Å²) >= 11 is 0. The van der Waals surface area contributed by atoms with Gasteiger partial charge in [-0.15, -0.1) is 0 Å². The molecule has 0 aliphatic rings. The minimum atomic E-state index is -0.436. The Bertz CT molecular complexity index is 1200. The molecule has 30 heavy (non-hydrogen) atoms. The molecule has 1 amide bonds. The molecule has 0 aliphatic heterocycles. The van der Waals surface area contributed by atoms with Crippen LogP contribution in [0.5, 0.6) is 11.5 Å². The van der Waals surface area contributed by atoms with E-state index in [0.717, 1.165) is 10.9 Å². The second kappa shape index (κ2) is 8.96. The van der Waals surface area contributed by atoms with Gasteiger partial charge in [-0.1, -0.05) is 30.3 Å². The molecular weight excluding hydrogens is 382 g/mol. The maximum Gasteiger partial charge on any atom is 0.336 e. The Morgan fingerprint density at radius 1 is 0.833 bits per heavy atom. The predicted molar refractivity (Wildman–Crippen MR) is 114 cm³/mol. The third-order valence-electron chi connectivity index (χ3n) is 4.35. The quantitative estimate of drug-likeness (QED) is 0.465. The number of benzene rings is 3. The van der Waals surface area contributed by atoms with Crippen LogP contribution in [0.3, 0.4) is 0 Å². The van der Waals surface area contributed by atoms with Crippen LogP contribution in [-0.2, 0) is 11.4 Å². The van der Waals surface area contributed by atoms with Gasteiger partial charge in [0.1, 0.15) is 23.7 Å². The molecule has 6 heteroatoms. The summed E-state index contributed by atoms with van der Waals surface area (Å²) in [5, 5.41) is 3.55. The topological polar surface area (TPSA) is 77.8 Å². The maximum atomic E-state index is 12.2. The van der Waals surface area contributed by atoms with Gasteiger partial charge in [0.05, 0.1) is 0 Å². The van der Waals surface area contributed by atoms with E-state index in [-0.39, 0.29) is 12.5 Å². The lowest BCUT2D eigenvalue weighted by molar-refractivity contribution is -0.118. The van der Waals surface area contributed by atoms with Crippen LogP contribution in [-0.4, -0.2) is 12.5 Å². The number of fused-ring (bicyclic) bond motifs is 1. The molecule has 3 aromatic carbocycles. The summed E-state index contributed by atoms with van der Waals surface area (Å²) in [4.78, 5) is 23.5. The van der Waals surface area contributed by atoms with Crippen molar-refractivity contribution in [1.82, 2.24) is 0 Å². The monoisotopic (exact) mass is 401 g/mol. The number of hydrogen-bond acceptors (Lipinski definition) is 5. The van der Waals surface area contributed by atoms with Crippen molar-refractivity contribution in [3.8, 4) is 11.5 Å². The van der Waals surface area contributed by atoms with E-state index >= 15 is 0 Å². The normalized spacial score (nSPS) is 10.5. The standard InChI is InChI=1S/C24H19NO5/c26-23(16-29-21-10-6-18-7-13-24(27)30-22(18)14-21)25-19-8-11-20(12-9-19)28-15-17-4-2-1-3-5-17/h1-14H,15-16H2,(H,25,26). The molecule has 1 aromatic heterocycles. The van der Waals surface area contributed by atoms with Crippen molar-refractivity contribution >= 4 is 22.6 Å². The zero-order chi connectivity index (χ0) is 20.8. The highest BCUT2D eigenvalue weighted by Gasteiger charge is 2.06. The summed E-state index contributed by atoms with van der Waals surface area (Å²) in [6.07, 6.45) is 0. The SMILES string of the molecule is O=C(COc1ccc2ccc(=O)oc2c1)Nc1ccc(OCc2ccccc2)cc1. The zero-order valence-corrected chi connectivity index (χ0v) is 16.0. The van der Waals surface area contributed by atoms with Crippen LogP contribution >= 0.6 is 0 Å². The van der Waals surface area contributed by atoms with Crippen LogP contribution in [0.25, 0.3) is 11.0 Å². The van der Waals surface area contributed by atoms with Crippen molar-refractivity contribution in [2.75, 3.05) is 11.9 Å². The van der Waals surface area contributed by atoms with Gasteiger partial charge in [0.2, 0.25) is 0 Å². The summed E-state index contributed by atoms with van der Waals surface area (Å²) in [6, 6.07) is 25.1. The van der Waals surface area contributed by atoms with Crippen LogP contribution < -0.4 is 20.4 Å².